The maximum Gasteiger partial charge on any atom is 0.338 e. The third-order valence-electron chi connectivity index (χ3n) is 3.06. The topological polar surface area (TPSA) is 102 Å². The zero-order valence-corrected chi connectivity index (χ0v) is 14.5. The van der Waals surface area contributed by atoms with Gasteiger partial charge in [0.2, 0.25) is 0 Å². The van der Waals surface area contributed by atoms with Crippen LogP contribution in [-0.2, 0) is 24.4 Å². The maximum atomic E-state index is 12.0. The van der Waals surface area contributed by atoms with Crippen LogP contribution < -0.4 is 5.32 Å². The Balaban J connectivity index is 2.80. The molecular weight excluding hydrogens is 336 g/mol. The maximum absolute atomic E-state index is 12.0. The second-order valence-corrected chi connectivity index (χ2v) is 6.64. The lowest BCUT2D eigenvalue weighted by Crippen LogP contribution is -2.35. The van der Waals surface area contributed by atoms with E-state index in [-0.39, 0.29) is 17.0 Å². The van der Waals surface area contributed by atoms with Crippen molar-refractivity contribution in [1.82, 2.24) is 9.79 Å². The lowest BCUT2D eigenvalue weighted by Gasteiger charge is -2.15. The molecule has 0 fully saturated rings. The minimum Gasteiger partial charge on any atom is -0.449 e. The molecule has 1 amide bonds. The quantitative estimate of drug-likeness (QED) is 0.418. The zero-order chi connectivity index (χ0) is 18.3. The van der Waals surface area contributed by atoms with Crippen LogP contribution in [0, 0.1) is 0 Å². The standard InChI is InChI=1S/C15H20N2O6S/c1-5-10-16-14(18)11(2)23-15(19)12-6-8-13(9-7-12)24(20,21)17(3)22-4/h5-9,11H,1,10H2,2-4H3,(H,16,18)/t11-/m1/s1. The summed E-state index contributed by atoms with van der Waals surface area (Å²) in [5, 5.41) is 2.50. The van der Waals surface area contributed by atoms with E-state index in [0.29, 0.717) is 4.47 Å². The molecule has 0 radical (unpaired) electrons. The largest absolute Gasteiger partial charge is 0.449 e. The Labute approximate surface area is 141 Å². The lowest BCUT2D eigenvalue weighted by atomic mass is 10.2. The number of carbonyl (C=O) groups excluding carboxylic acids is 2. The van der Waals surface area contributed by atoms with Crippen LogP contribution in [0.1, 0.15) is 17.3 Å². The van der Waals surface area contributed by atoms with Gasteiger partial charge in [-0.2, -0.15) is 0 Å². The third-order valence-corrected chi connectivity index (χ3v) is 4.75. The van der Waals surface area contributed by atoms with Gasteiger partial charge in [-0.3, -0.25) is 9.63 Å². The number of nitrogens with one attached hydrogen (secondary N) is 1. The summed E-state index contributed by atoms with van der Waals surface area (Å²) in [5.41, 5.74) is 0.123. The molecule has 0 unspecified atom stereocenters. The van der Waals surface area contributed by atoms with Gasteiger partial charge in [-0.25, -0.2) is 13.2 Å². The first-order chi connectivity index (χ1) is 11.2. The Morgan fingerprint density at radius 1 is 1.33 bits per heavy atom. The molecule has 1 N–H and O–H groups in total. The van der Waals surface area contributed by atoms with Crippen LogP contribution in [-0.4, -0.2) is 51.6 Å². The summed E-state index contributed by atoms with van der Waals surface area (Å²) in [6.07, 6.45) is 0.517. The van der Waals surface area contributed by atoms with Crippen LogP contribution in [0.25, 0.3) is 0 Å². The molecule has 24 heavy (non-hydrogen) atoms. The molecule has 0 spiro atoms. The van der Waals surface area contributed by atoms with Crippen LogP contribution >= 0.6 is 0 Å². The Hall–Kier alpha value is -2.23. The molecule has 1 aromatic rings. The van der Waals surface area contributed by atoms with Gasteiger partial charge in [-0.15, -0.1) is 6.58 Å². The van der Waals surface area contributed by atoms with Crippen LogP contribution in [0.3, 0.4) is 0 Å². The van der Waals surface area contributed by atoms with Crippen LogP contribution in [0.4, 0.5) is 0 Å². The zero-order valence-electron chi connectivity index (χ0n) is 13.7. The lowest BCUT2D eigenvalue weighted by molar-refractivity contribution is -0.128. The molecule has 1 aromatic carbocycles. The number of carbonyl (C=O) groups is 2. The summed E-state index contributed by atoms with van der Waals surface area (Å²) in [5.74, 6) is -1.19. The summed E-state index contributed by atoms with van der Waals surface area (Å²) in [6, 6.07) is 5.11. The van der Waals surface area contributed by atoms with Crippen molar-refractivity contribution in [3.8, 4) is 0 Å². The van der Waals surface area contributed by atoms with Crippen molar-refractivity contribution in [1.29, 1.82) is 0 Å². The summed E-state index contributed by atoms with van der Waals surface area (Å²) >= 11 is 0. The number of rotatable bonds is 8. The van der Waals surface area contributed by atoms with Crippen molar-refractivity contribution < 1.29 is 27.6 Å². The van der Waals surface area contributed by atoms with Gasteiger partial charge in [0.05, 0.1) is 17.6 Å². The molecule has 0 saturated heterocycles. The van der Waals surface area contributed by atoms with Gasteiger partial charge >= 0.3 is 5.97 Å². The number of benzene rings is 1. The fourth-order valence-electron chi connectivity index (χ4n) is 1.61. The first-order valence-corrected chi connectivity index (χ1v) is 8.40. The molecule has 0 aliphatic carbocycles. The molecule has 0 aliphatic rings. The van der Waals surface area contributed by atoms with E-state index in [1.807, 2.05) is 0 Å². The molecule has 1 atom stereocenters. The molecule has 0 aromatic heterocycles. The summed E-state index contributed by atoms with van der Waals surface area (Å²) < 4.78 is 29.8. The second kappa shape index (κ2) is 8.57. The molecule has 0 saturated carbocycles. The Morgan fingerprint density at radius 2 is 1.92 bits per heavy atom. The fraction of sp³-hybridized carbons (Fsp3) is 0.333. The highest BCUT2D eigenvalue weighted by Crippen LogP contribution is 2.16. The summed E-state index contributed by atoms with van der Waals surface area (Å²) in [6.45, 7) is 5.16. The van der Waals surface area contributed by atoms with E-state index in [4.69, 9.17) is 4.74 Å². The number of hydrogen-bond acceptors (Lipinski definition) is 6. The van der Waals surface area contributed by atoms with Gasteiger partial charge in [0.25, 0.3) is 15.9 Å². The van der Waals surface area contributed by atoms with Gasteiger partial charge in [0.1, 0.15) is 0 Å². The van der Waals surface area contributed by atoms with Crippen LogP contribution in [0.15, 0.2) is 41.8 Å². The van der Waals surface area contributed by atoms with Crippen LogP contribution in [0.2, 0.25) is 0 Å². The van der Waals surface area contributed by atoms with E-state index in [0.717, 1.165) is 0 Å². The number of sulfonamides is 1. The molecule has 0 heterocycles. The summed E-state index contributed by atoms with van der Waals surface area (Å²) in [7, 11) is -1.32. The smallest absolute Gasteiger partial charge is 0.338 e. The van der Waals surface area contributed by atoms with Gasteiger partial charge in [-0.1, -0.05) is 10.5 Å². The highest BCUT2D eigenvalue weighted by atomic mass is 32.2. The second-order valence-electron chi connectivity index (χ2n) is 4.70. The van der Waals surface area contributed by atoms with E-state index in [1.54, 1.807) is 0 Å². The highest BCUT2D eigenvalue weighted by Gasteiger charge is 2.22. The predicted molar refractivity (Wildman–Crippen MR) is 86.5 cm³/mol. The molecule has 8 nitrogen and oxygen atoms in total. The Kier molecular flexibility index (Phi) is 7.08. The highest BCUT2D eigenvalue weighted by molar-refractivity contribution is 7.89. The van der Waals surface area contributed by atoms with Gasteiger partial charge in [0.15, 0.2) is 6.10 Å². The van der Waals surface area contributed by atoms with Gasteiger partial charge in [-0.05, 0) is 31.2 Å². The van der Waals surface area contributed by atoms with Crippen molar-refractivity contribution in [2.45, 2.75) is 17.9 Å². The third kappa shape index (κ3) is 4.88. The normalized spacial score (nSPS) is 12.5. The van der Waals surface area contributed by atoms with Crippen molar-refractivity contribution in [3.05, 3.63) is 42.5 Å². The van der Waals surface area contributed by atoms with Gasteiger partial charge < -0.3 is 10.1 Å². The molecule has 0 aliphatic heterocycles. The summed E-state index contributed by atoms with van der Waals surface area (Å²) in [4.78, 5) is 28.2. The first kappa shape index (κ1) is 19.8. The first-order valence-electron chi connectivity index (χ1n) is 6.96. The predicted octanol–water partition coefficient (Wildman–Crippen LogP) is 0.716. The van der Waals surface area contributed by atoms with Crippen molar-refractivity contribution in [3.63, 3.8) is 0 Å². The molecule has 9 heteroatoms. The number of ether oxygens (including phenoxy) is 1. The molecule has 1 rings (SSSR count). The molecule has 0 bridgehead atoms. The van der Waals surface area contributed by atoms with E-state index in [9.17, 15) is 18.0 Å². The fourth-order valence-corrected chi connectivity index (χ4v) is 2.58. The van der Waals surface area contributed by atoms with E-state index in [2.05, 4.69) is 16.7 Å². The Morgan fingerprint density at radius 3 is 2.42 bits per heavy atom. The van der Waals surface area contributed by atoms with E-state index < -0.39 is 28.0 Å². The molecular formula is C15H20N2O6S. The minimum absolute atomic E-state index is 0.0415. The van der Waals surface area contributed by atoms with Crippen molar-refractivity contribution >= 4 is 21.9 Å². The number of nitrogens with zero attached hydrogens (tertiary/aromatic N) is 1. The SMILES string of the molecule is C=CCNC(=O)[C@@H](C)OC(=O)c1ccc(S(=O)(=O)N(C)OC)cc1. The van der Waals surface area contributed by atoms with Crippen molar-refractivity contribution in [2.75, 3.05) is 20.7 Å². The number of hydrogen-bond donors (Lipinski definition) is 1. The van der Waals surface area contributed by atoms with Crippen molar-refractivity contribution in [2.24, 2.45) is 0 Å². The monoisotopic (exact) mass is 356 g/mol. The Bertz CT molecular complexity index is 699. The average Bonchev–Trinajstić information content (AvgIpc) is 2.58. The molecule has 132 valence electrons. The minimum atomic E-state index is -3.79. The van der Waals surface area contributed by atoms with E-state index >= 15 is 0 Å². The average molecular weight is 356 g/mol. The number of esters is 1. The number of hydroxylamine groups is 1. The van der Waals surface area contributed by atoms with Crippen LogP contribution in [0.5, 0.6) is 0 Å². The van der Waals surface area contributed by atoms with E-state index in [1.165, 1.54) is 51.4 Å². The van der Waals surface area contributed by atoms with Gasteiger partial charge in [0, 0.05) is 13.6 Å². The number of amides is 1.